The van der Waals surface area contributed by atoms with Crippen molar-refractivity contribution in [2.24, 2.45) is 0 Å². The first-order valence-corrected chi connectivity index (χ1v) is 8.90. The zero-order valence-corrected chi connectivity index (χ0v) is 15.0. The molecule has 0 amide bonds. The van der Waals surface area contributed by atoms with Gasteiger partial charge in [0.2, 0.25) is 0 Å². The lowest BCUT2D eigenvalue weighted by atomic mass is 10.2. The van der Waals surface area contributed by atoms with Gasteiger partial charge in [-0.05, 0) is 50.5 Å². The molecule has 0 aromatic rings. The molecule has 0 fully saturated rings. The van der Waals surface area contributed by atoms with Gasteiger partial charge in [0.15, 0.2) is 0 Å². The second kappa shape index (κ2) is 18.4. The topological polar surface area (TPSA) is 20.2 Å². The molecule has 0 heterocycles. The highest BCUT2D eigenvalue weighted by Crippen LogP contribution is 2.01. The number of aliphatic hydroxyl groups excluding tert-OH is 1. The lowest BCUT2D eigenvalue weighted by Gasteiger charge is -1.94. The standard InChI is InChI=1S/C22H34O/c1-3-5-6-7-8-9-10-11-12-13-14-15-16-17-18-19-20-22(4-2)21-23/h5-6,8-9,11-12,14-15,18-20,23H,3-4,7,10,13,16-17,21H2,1-2H3/b6-5-,9-8-,12-11-,15-14-,19-18+,22-20-. The molecule has 0 atom stereocenters. The largest absolute Gasteiger partial charge is 0.392 e. The summed E-state index contributed by atoms with van der Waals surface area (Å²) in [5.74, 6) is 0. The van der Waals surface area contributed by atoms with Crippen LogP contribution in [0.4, 0.5) is 0 Å². The van der Waals surface area contributed by atoms with Gasteiger partial charge < -0.3 is 5.11 Å². The van der Waals surface area contributed by atoms with Crippen molar-refractivity contribution in [3.8, 4) is 0 Å². The van der Waals surface area contributed by atoms with Gasteiger partial charge in [-0.15, -0.1) is 0 Å². The molecule has 0 bridgehead atoms. The highest BCUT2D eigenvalue weighted by atomic mass is 16.3. The molecule has 0 aliphatic rings. The van der Waals surface area contributed by atoms with Crippen molar-refractivity contribution in [2.75, 3.05) is 6.61 Å². The lowest BCUT2D eigenvalue weighted by Crippen LogP contribution is -1.86. The second-order valence-corrected chi connectivity index (χ2v) is 5.34. The van der Waals surface area contributed by atoms with Crippen LogP contribution < -0.4 is 0 Å². The Morgan fingerprint density at radius 2 is 1.22 bits per heavy atom. The summed E-state index contributed by atoms with van der Waals surface area (Å²) in [5, 5.41) is 9.02. The first-order valence-electron chi connectivity index (χ1n) is 8.90. The zero-order chi connectivity index (χ0) is 17.0. The summed E-state index contributed by atoms with van der Waals surface area (Å²) < 4.78 is 0. The molecular formula is C22H34O. The smallest absolute Gasteiger partial charge is 0.0644 e. The summed E-state index contributed by atoms with van der Waals surface area (Å²) in [5.41, 5.74) is 1.08. The summed E-state index contributed by atoms with van der Waals surface area (Å²) in [6.45, 7) is 4.38. The van der Waals surface area contributed by atoms with Crippen LogP contribution in [-0.2, 0) is 0 Å². The third-order valence-corrected chi connectivity index (χ3v) is 3.34. The van der Waals surface area contributed by atoms with E-state index in [0.29, 0.717) is 0 Å². The number of rotatable bonds is 13. The van der Waals surface area contributed by atoms with Gasteiger partial charge in [-0.25, -0.2) is 0 Å². The van der Waals surface area contributed by atoms with Crippen LogP contribution in [0.3, 0.4) is 0 Å². The molecule has 1 heteroatoms. The first-order chi connectivity index (χ1) is 11.3. The van der Waals surface area contributed by atoms with Crippen LogP contribution in [0.15, 0.2) is 72.4 Å². The molecule has 0 aliphatic carbocycles. The summed E-state index contributed by atoms with van der Waals surface area (Å²) >= 11 is 0. The number of unbranched alkanes of at least 4 members (excludes halogenated alkanes) is 1. The highest BCUT2D eigenvalue weighted by Gasteiger charge is 1.86. The van der Waals surface area contributed by atoms with E-state index >= 15 is 0 Å². The van der Waals surface area contributed by atoms with Gasteiger partial charge >= 0.3 is 0 Å². The minimum Gasteiger partial charge on any atom is -0.392 e. The summed E-state index contributed by atoms with van der Waals surface area (Å²) in [4.78, 5) is 0. The van der Waals surface area contributed by atoms with Crippen molar-refractivity contribution in [1.82, 2.24) is 0 Å². The molecule has 0 aromatic heterocycles. The van der Waals surface area contributed by atoms with Crippen LogP contribution in [0, 0.1) is 0 Å². The highest BCUT2D eigenvalue weighted by molar-refractivity contribution is 5.12. The normalized spacial score (nSPS) is 13.8. The van der Waals surface area contributed by atoms with E-state index in [1.165, 1.54) is 0 Å². The molecule has 1 N–H and O–H groups in total. The van der Waals surface area contributed by atoms with E-state index in [9.17, 15) is 0 Å². The Kier molecular flexibility index (Phi) is 17.2. The van der Waals surface area contributed by atoms with Crippen LogP contribution in [-0.4, -0.2) is 11.7 Å². The van der Waals surface area contributed by atoms with Gasteiger partial charge in [0.1, 0.15) is 0 Å². The molecular weight excluding hydrogens is 280 g/mol. The van der Waals surface area contributed by atoms with Crippen LogP contribution in [0.2, 0.25) is 0 Å². The average molecular weight is 315 g/mol. The summed E-state index contributed by atoms with van der Waals surface area (Å²) in [6, 6.07) is 0. The van der Waals surface area contributed by atoms with E-state index in [0.717, 1.165) is 50.5 Å². The monoisotopic (exact) mass is 314 g/mol. The summed E-state index contributed by atoms with van der Waals surface area (Å²) in [7, 11) is 0. The predicted octanol–water partition coefficient (Wildman–Crippen LogP) is 6.46. The Hall–Kier alpha value is -1.60. The Labute approximate surface area is 143 Å². The maximum absolute atomic E-state index is 9.02. The summed E-state index contributed by atoms with van der Waals surface area (Å²) in [6.07, 6.45) is 31.2. The van der Waals surface area contributed by atoms with E-state index in [4.69, 9.17) is 5.11 Å². The average Bonchev–Trinajstić information content (AvgIpc) is 2.58. The maximum Gasteiger partial charge on any atom is 0.0644 e. The molecule has 0 spiro atoms. The first kappa shape index (κ1) is 21.4. The van der Waals surface area contributed by atoms with Crippen LogP contribution in [0.25, 0.3) is 0 Å². The Morgan fingerprint density at radius 1 is 0.696 bits per heavy atom. The number of hydrogen-bond acceptors (Lipinski definition) is 1. The van der Waals surface area contributed by atoms with E-state index in [2.05, 4.69) is 68.5 Å². The van der Waals surface area contributed by atoms with Crippen molar-refractivity contribution >= 4 is 0 Å². The second-order valence-electron chi connectivity index (χ2n) is 5.34. The fourth-order valence-corrected chi connectivity index (χ4v) is 1.87. The third kappa shape index (κ3) is 16.6. The van der Waals surface area contributed by atoms with Gasteiger partial charge in [0.05, 0.1) is 6.61 Å². The molecule has 0 aromatic carbocycles. The van der Waals surface area contributed by atoms with Gasteiger partial charge in [-0.1, -0.05) is 80.7 Å². The van der Waals surface area contributed by atoms with Crippen LogP contribution in [0.1, 0.15) is 58.8 Å². The van der Waals surface area contributed by atoms with Crippen molar-refractivity contribution in [2.45, 2.75) is 58.8 Å². The molecule has 0 rings (SSSR count). The fraction of sp³-hybridized carbons (Fsp3) is 0.455. The lowest BCUT2D eigenvalue weighted by molar-refractivity contribution is 0.327. The minimum absolute atomic E-state index is 0.164. The number of aliphatic hydroxyl groups is 1. The minimum atomic E-state index is 0.164. The van der Waals surface area contributed by atoms with E-state index in [1.807, 2.05) is 12.2 Å². The molecule has 128 valence electrons. The fourth-order valence-electron chi connectivity index (χ4n) is 1.87. The molecule has 0 saturated heterocycles. The Morgan fingerprint density at radius 3 is 1.74 bits per heavy atom. The SMILES string of the molecule is CC/C=C\C/C=C\C/C=C\C/C=C\CC/C=C/C=C(/CC)CO. The molecule has 0 unspecified atom stereocenters. The number of hydrogen-bond donors (Lipinski definition) is 1. The van der Waals surface area contributed by atoms with Crippen molar-refractivity contribution < 1.29 is 5.11 Å². The van der Waals surface area contributed by atoms with Crippen molar-refractivity contribution in [3.63, 3.8) is 0 Å². The molecule has 0 radical (unpaired) electrons. The van der Waals surface area contributed by atoms with Crippen molar-refractivity contribution in [1.29, 1.82) is 0 Å². The third-order valence-electron chi connectivity index (χ3n) is 3.34. The molecule has 0 aliphatic heterocycles. The van der Waals surface area contributed by atoms with Crippen LogP contribution >= 0.6 is 0 Å². The van der Waals surface area contributed by atoms with Gasteiger partial charge in [0.25, 0.3) is 0 Å². The zero-order valence-electron chi connectivity index (χ0n) is 15.0. The quantitative estimate of drug-likeness (QED) is 0.235. The Bertz CT molecular complexity index is 413. The van der Waals surface area contributed by atoms with E-state index < -0.39 is 0 Å². The Balaban J connectivity index is 3.60. The van der Waals surface area contributed by atoms with E-state index in [-0.39, 0.29) is 6.61 Å². The van der Waals surface area contributed by atoms with Gasteiger partial charge in [-0.3, -0.25) is 0 Å². The number of allylic oxidation sites excluding steroid dienone is 11. The predicted molar refractivity (Wildman–Crippen MR) is 105 cm³/mol. The van der Waals surface area contributed by atoms with Crippen LogP contribution in [0.5, 0.6) is 0 Å². The van der Waals surface area contributed by atoms with E-state index in [1.54, 1.807) is 0 Å². The molecule has 1 nitrogen and oxygen atoms in total. The molecule has 0 saturated carbocycles. The van der Waals surface area contributed by atoms with Gasteiger partial charge in [-0.2, -0.15) is 0 Å². The molecule has 23 heavy (non-hydrogen) atoms. The van der Waals surface area contributed by atoms with Crippen molar-refractivity contribution in [3.05, 3.63) is 72.4 Å². The van der Waals surface area contributed by atoms with Gasteiger partial charge in [0, 0.05) is 0 Å². The maximum atomic E-state index is 9.02.